The first-order chi connectivity index (χ1) is 10.2. The van der Waals surface area contributed by atoms with Gasteiger partial charge in [-0.05, 0) is 25.0 Å². The van der Waals surface area contributed by atoms with Gasteiger partial charge in [-0.3, -0.25) is 0 Å². The number of aryl methyl sites for hydroxylation is 1. The van der Waals surface area contributed by atoms with Gasteiger partial charge in [0.1, 0.15) is 0 Å². The number of nitrogens with zero attached hydrogens (tertiary/aromatic N) is 2. The summed E-state index contributed by atoms with van der Waals surface area (Å²) in [5, 5.41) is 15.2. The van der Waals surface area contributed by atoms with E-state index in [9.17, 15) is 5.11 Å². The Morgan fingerprint density at radius 3 is 2.33 bits per heavy atom. The summed E-state index contributed by atoms with van der Waals surface area (Å²) in [5.74, 6) is 0.227. The van der Waals surface area contributed by atoms with Crippen molar-refractivity contribution in [2.75, 3.05) is 0 Å². The number of hydrogen-bond acceptors (Lipinski definition) is 2. The van der Waals surface area contributed by atoms with Gasteiger partial charge >= 0.3 is 0 Å². The molecule has 1 N–H and O–H groups in total. The van der Waals surface area contributed by atoms with Crippen LogP contribution in [0.3, 0.4) is 0 Å². The van der Waals surface area contributed by atoms with E-state index in [1.165, 1.54) is 0 Å². The fourth-order valence-electron chi connectivity index (χ4n) is 2.56. The first-order valence-corrected chi connectivity index (χ1v) is 7.14. The third-order valence-electron chi connectivity index (χ3n) is 3.70. The van der Waals surface area contributed by atoms with E-state index in [0.29, 0.717) is 0 Å². The van der Waals surface area contributed by atoms with Gasteiger partial charge < -0.3 is 5.11 Å². The van der Waals surface area contributed by atoms with E-state index in [4.69, 9.17) is 0 Å². The van der Waals surface area contributed by atoms with E-state index in [2.05, 4.69) is 5.10 Å². The van der Waals surface area contributed by atoms with Crippen LogP contribution in [0, 0.1) is 6.92 Å². The van der Waals surface area contributed by atoms with Crippen LogP contribution >= 0.6 is 0 Å². The molecule has 1 aromatic heterocycles. The molecule has 0 atom stereocenters. The zero-order valence-electron chi connectivity index (χ0n) is 12.2. The monoisotopic (exact) mass is 278 g/mol. The lowest BCUT2D eigenvalue weighted by Crippen LogP contribution is -1.98. The average molecular weight is 278 g/mol. The van der Waals surface area contributed by atoms with Crippen LogP contribution in [0.5, 0.6) is 5.88 Å². The molecular weight excluding hydrogens is 260 g/mol. The number of para-hydroxylation sites is 1. The molecule has 0 saturated heterocycles. The zero-order valence-corrected chi connectivity index (χ0v) is 12.2. The largest absolute Gasteiger partial charge is 0.493 e. The Bertz CT molecular complexity index is 760. The molecule has 0 amide bonds. The highest BCUT2D eigenvalue weighted by atomic mass is 16.3. The minimum atomic E-state index is 0.227. The van der Waals surface area contributed by atoms with Crippen molar-refractivity contribution < 1.29 is 5.11 Å². The molecule has 2 aromatic carbocycles. The predicted octanol–water partition coefficient (Wildman–Crippen LogP) is 4.12. The van der Waals surface area contributed by atoms with E-state index in [0.717, 1.165) is 34.5 Å². The number of aromatic hydroxyl groups is 1. The lowest BCUT2D eigenvalue weighted by atomic mass is 10.1. The predicted molar refractivity (Wildman–Crippen MR) is 84.8 cm³/mol. The summed E-state index contributed by atoms with van der Waals surface area (Å²) in [7, 11) is 0. The molecule has 1 heterocycles. The third-order valence-corrected chi connectivity index (χ3v) is 3.70. The Kier molecular flexibility index (Phi) is 3.48. The van der Waals surface area contributed by atoms with Gasteiger partial charge in [-0.25, -0.2) is 4.68 Å². The van der Waals surface area contributed by atoms with Crippen molar-refractivity contribution in [1.29, 1.82) is 0 Å². The molecular formula is C18H18N2O. The van der Waals surface area contributed by atoms with E-state index < -0.39 is 0 Å². The number of hydrogen-bond donors (Lipinski definition) is 1. The van der Waals surface area contributed by atoms with Crippen molar-refractivity contribution in [2.45, 2.75) is 20.3 Å². The minimum absolute atomic E-state index is 0.227. The SMILES string of the molecule is CCc1c(-c2ccccc2)nn(-c2ccccc2C)c1O. The number of rotatable bonds is 3. The van der Waals surface area contributed by atoms with E-state index in [1.54, 1.807) is 4.68 Å². The second-order valence-corrected chi connectivity index (χ2v) is 5.07. The van der Waals surface area contributed by atoms with E-state index >= 15 is 0 Å². The van der Waals surface area contributed by atoms with Crippen molar-refractivity contribution >= 4 is 0 Å². The Labute approximate surface area is 124 Å². The maximum atomic E-state index is 10.5. The summed E-state index contributed by atoms with van der Waals surface area (Å²) in [6, 6.07) is 17.9. The van der Waals surface area contributed by atoms with Crippen LogP contribution in [0.25, 0.3) is 16.9 Å². The lowest BCUT2D eigenvalue weighted by Gasteiger charge is -2.06. The van der Waals surface area contributed by atoms with Crippen molar-refractivity contribution in [1.82, 2.24) is 9.78 Å². The third kappa shape index (κ3) is 2.31. The molecule has 0 aliphatic carbocycles. The summed E-state index contributed by atoms with van der Waals surface area (Å²) >= 11 is 0. The van der Waals surface area contributed by atoms with E-state index in [1.807, 2.05) is 68.4 Å². The summed E-state index contributed by atoms with van der Waals surface area (Å²) in [5.41, 5.74) is 4.74. The lowest BCUT2D eigenvalue weighted by molar-refractivity contribution is 0.428. The second-order valence-electron chi connectivity index (χ2n) is 5.07. The zero-order chi connectivity index (χ0) is 14.8. The first kappa shape index (κ1) is 13.4. The molecule has 0 fully saturated rings. The summed E-state index contributed by atoms with van der Waals surface area (Å²) < 4.78 is 1.64. The molecule has 0 radical (unpaired) electrons. The maximum absolute atomic E-state index is 10.5. The van der Waals surface area contributed by atoms with Gasteiger partial charge in [-0.15, -0.1) is 0 Å². The van der Waals surface area contributed by atoms with Crippen molar-refractivity contribution in [2.24, 2.45) is 0 Å². The van der Waals surface area contributed by atoms with Crippen LogP contribution in [-0.2, 0) is 6.42 Å². The molecule has 0 spiro atoms. The molecule has 106 valence electrons. The molecule has 0 saturated carbocycles. The molecule has 3 rings (SSSR count). The molecule has 3 heteroatoms. The van der Waals surface area contributed by atoms with Crippen LogP contribution in [0.2, 0.25) is 0 Å². The van der Waals surface area contributed by atoms with Gasteiger partial charge in [0.05, 0.1) is 11.4 Å². The van der Waals surface area contributed by atoms with Crippen LogP contribution in [0.1, 0.15) is 18.1 Å². The standard InChI is InChI=1S/C18H18N2O/c1-3-15-17(14-10-5-4-6-11-14)19-20(18(15)21)16-12-8-7-9-13(16)2/h4-12,21H,3H2,1-2H3. The second kappa shape index (κ2) is 5.44. The minimum Gasteiger partial charge on any atom is -0.493 e. The van der Waals surface area contributed by atoms with Gasteiger partial charge in [0.15, 0.2) is 0 Å². The van der Waals surface area contributed by atoms with Gasteiger partial charge in [0.2, 0.25) is 5.88 Å². The molecule has 0 aliphatic heterocycles. The van der Waals surface area contributed by atoms with Gasteiger partial charge in [0.25, 0.3) is 0 Å². The Balaban J connectivity index is 2.21. The van der Waals surface area contributed by atoms with Gasteiger partial charge in [-0.2, -0.15) is 5.10 Å². The van der Waals surface area contributed by atoms with Crippen molar-refractivity contribution in [3.8, 4) is 22.8 Å². The van der Waals surface area contributed by atoms with Crippen molar-refractivity contribution in [3.05, 3.63) is 65.7 Å². The average Bonchev–Trinajstić information content (AvgIpc) is 2.85. The highest BCUT2D eigenvalue weighted by molar-refractivity contribution is 5.66. The molecule has 0 bridgehead atoms. The number of aromatic nitrogens is 2. The van der Waals surface area contributed by atoms with Crippen molar-refractivity contribution in [3.63, 3.8) is 0 Å². The Morgan fingerprint density at radius 2 is 1.67 bits per heavy atom. The summed E-state index contributed by atoms with van der Waals surface area (Å²) in [6.45, 7) is 4.05. The van der Waals surface area contributed by atoms with Crippen LogP contribution in [0.4, 0.5) is 0 Å². The Hall–Kier alpha value is -2.55. The fraction of sp³-hybridized carbons (Fsp3) is 0.167. The highest BCUT2D eigenvalue weighted by Gasteiger charge is 2.18. The summed E-state index contributed by atoms with van der Waals surface area (Å²) in [4.78, 5) is 0. The van der Waals surface area contributed by atoms with Crippen LogP contribution in [0.15, 0.2) is 54.6 Å². The van der Waals surface area contributed by atoms with E-state index in [-0.39, 0.29) is 5.88 Å². The molecule has 3 nitrogen and oxygen atoms in total. The molecule has 21 heavy (non-hydrogen) atoms. The quantitative estimate of drug-likeness (QED) is 0.782. The molecule has 0 unspecified atom stereocenters. The maximum Gasteiger partial charge on any atom is 0.218 e. The normalized spacial score (nSPS) is 10.8. The van der Waals surface area contributed by atoms with Gasteiger partial charge in [0, 0.05) is 11.1 Å². The molecule has 0 aliphatic rings. The number of benzene rings is 2. The van der Waals surface area contributed by atoms with Gasteiger partial charge in [-0.1, -0.05) is 55.5 Å². The summed E-state index contributed by atoms with van der Waals surface area (Å²) in [6.07, 6.45) is 0.738. The topological polar surface area (TPSA) is 38.0 Å². The highest BCUT2D eigenvalue weighted by Crippen LogP contribution is 2.32. The molecule has 3 aromatic rings. The Morgan fingerprint density at radius 1 is 1.00 bits per heavy atom. The van der Waals surface area contributed by atoms with Crippen LogP contribution < -0.4 is 0 Å². The van der Waals surface area contributed by atoms with Crippen LogP contribution in [-0.4, -0.2) is 14.9 Å². The first-order valence-electron chi connectivity index (χ1n) is 7.14. The fourth-order valence-corrected chi connectivity index (χ4v) is 2.56. The smallest absolute Gasteiger partial charge is 0.218 e.